The number of fused-ring (bicyclic) bond motifs is 1. The van der Waals surface area contributed by atoms with E-state index in [2.05, 4.69) is 15.0 Å². The second-order valence-electron chi connectivity index (χ2n) is 4.32. The van der Waals surface area contributed by atoms with Crippen LogP contribution in [0.3, 0.4) is 0 Å². The highest BCUT2D eigenvalue weighted by molar-refractivity contribution is 6.28. The maximum absolute atomic E-state index is 12.8. The Morgan fingerprint density at radius 2 is 1.81 bits per heavy atom. The van der Waals surface area contributed by atoms with Gasteiger partial charge in [0.1, 0.15) is 5.69 Å². The van der Waals surface area contributed by atoms with Gasteiger partial charge in [-0.2, -0.15) is 13.2 Å². The molecule has 0 N–H and O–H groups in total. The highest BCUT2D eigenvalue weighted by atomic mass is 35.5. The molecule has 0 atom stereocenters. The lowest BCUT2D eigenvalue weighted by molar-refractivity contribution is -0.141. The zero-order valence-corrected chi connectivity index (χ0v) is 11.2. The average molecular weight is 310 g/mol. The minimum absolute atomic E-state index is 0.106. The van der Waals surface area contributed by atoms with E-state index in [0.29, 0.717) is 11.1 Å². The maximum Gasteiger partial charge on any atom is 0.433 e. The molecular formula is C14H7ClF3N3. The average Bonchev–Trinajstić information content (AvgIpc) is 2.45. The molecule has 7 heteroatoms. The van der Waals surface area contributed by atoms with Crippen LogP contribution in [0.25, 0.3) is 22.2 Å². The van der Waals surface area contributed by atoms with Gasteiger partial charge in [0.2, 0.25) is 5.28 Å². The van der Waals surface area contributed by atoms with Gasteiger partial charge in [0.15, 0.2) is 0 Å². The number of benzene rings is 1. The zero-order chi connectivity index (χ0) is 15.0. The van der Waals surface area contributed by atoms with Crippen molar-refractivity contribution in [3.8, 4) is 11.3 Å². The molecule has 2 aromatic heterocycles. The highest BCUT2D eigenvalue weighted by Gasteiger charge is 2.33. The Labute approximate surface area is 122 Å². The SMILES string of the molecule is FC(F)(F)c1cc(-c2ccc3cccnc3c2)nc(Cl)n1. The van der Waals surface area contributed by atoms with Gasteiger partial charge in [0.25, 0.3) is 0 Å². The van der Waals surface area contributed by atoms with Crippen molar-refractivity contribution in [1.29, 1.82) is 0 Å². The van der Waals surface area contributed by atoms with E-state index in [9.17, 15) is 13.2 Å². The molecule has 2 heterocycles. The molecule has 0 bridgehead atoms. The first kappa shape index (κ1) is 13.8. The van der Waals surface area contributed by atoms with Gasteiger partial charge in [0.05, 0.1) is 11.2 Å². The first-order valence-electron chi connectivity index (χ1n) is 5.90. The van der Waals surface area contributed by atoms with E-state index in [-0.39, 0.29) is 5.69 Å². The van der Waals surface area contributed by atoms with Crippen LogP contribution < -0.4 is 0 Å². The maximum atomic E-state index is 12.8. The Morgan fingerprint density at radius 3 is 2.57 bits per heavy atom. The number of hydrogen-bond acceptors (Lipinski definition) is 3. The molecule has 0 fully saturated rings. The molecule has 0 spiro atoms. The first-order valence-corrected chi connectivity index (χ1v) is 6.28. The predicted octanol–water partition coefficient (Wildman–Crippen LogP) is 4.36. The van der Waals surface area contributed by atoms with E-state index in [4.69, 9.17) is 11.6 Å². The summed E-state index contributed by atoms with van der Waals surface area (Å²) in [6, 6.07) is 9.61. The van der Waals surface area contributed by atoms with E-state index in [1.165, 1.54) is 0 Å². The molecule has 3 rings (SSSR count). The lowest BCUT2D eigenvalue weighted by Gasteiger charge is -2.08. The molecule has 3 nitrogen and oxygen atoms in total. The van der Waals surface area contributed by atoms with Crippen molar-refractivity contribution in [3.05, 3.63) is 53.6 Å². The topological polar surface area (TPSA) is 38.7 Å². The fraction of sp³-hybridized carbons (Fsp3) is 0.0714. The minimum Gasteiger partial charge on any atom is -0.256 e. The Hall–Kier alpha value is -2.21. The smallest absolute Gasteiger partial charge is 0.256 e. The Kier molecular flexibility index (Phi) is 3.25. The van der Waals surface area contributed by atoms with Crippen LogP contribution in [0, 0.1) is 0 Å². The van der Waals surface area contributed by atoms with Gasteiger partial charge in [-0.3, -0.25) is 4.98 Å². The lowest BCUT2D eigenvalue weighted by atomic mass is 10.1. The summed E-state index contributed by atoms with van der Waals surface area (Å²) in [7, 11) is 0. The van der Waals surface area contributed by atoms with Crippen LogP contribution >= 0.6 is 11.6 Å². The number of pyridine rings is 1. The standard InChI is InChI=1S/C14H7ClF3N3/c15-13-20-11(7-12(21-13)14(16,17)18)9-4-3-8-2-1-5-19-10(8)6-9/h1-7H. The van der Waals surface area contributed by atoms with Gasteiger partial charge >= 0.3 is 6.18 Å². The third-order valence-electron chi connectivity index (χ3n) is 2.89. The van der Waals surface area contributed by atoms with E-state index < -0.39 is 17.2 Å². The molecule has 3 aromatic rings. The summed E-state index contributed by atoms with van der Waals surface area (Å²) in [6.45, 7) is 0. The van der Waals surface area contributed by atoms with Crippen LogP contribution in [-0.2, 0) is 6.18 Å². The van der Waals surface area contributed by atoms with E-state index in [1.54, 1.807) is 30.5 Å². The molecule has 0 aliphatic rings. The van der Waals surface area contributed by atoms with Gasteiger partial charge in [-0.15, -0.1) is 0 Å². The van der Waals surface area contributed by atoms with Gasteiger partial charge in [-0.25, -0.2) is 9.97 Å². The Bertz CT molecular complexity index is 818. The van der Waals surface area contributed by atoms with Crippen molar-refractivity contribution in [2.75, 3.05) is 0 Å². The quantitative estimate of drug-likeness (QED) is 0.627. The summed E-state index contributed by atoms with van der Waals surface area (Å²) in [5.74, 6) is 0. The second-order valence-corrected chi connectivity index (χ2v) is 4.65. The van der Waals surface area contributed by atoms with Crippen LogP contribution in [0.1, 0.15) is 5.69 Å². The number of halogens is 4. The van der Waals surface area contributed by atoms with Crippen molar-refractivity contribution >= 4 is 22.5 Å². The normalized spacial score (nSPS) is 11.8. The van der Waals surface area contributed by atoms with Crippen LogP contribution in [0.15, 0.2) is 42.6 Å². The summed E-state index contributed by atoms with van der Waals surface area (Å²) < 4.78 is 38.3. The number of hydrogen-bond donors (Lipinski definition) is 0. The van der Waals surface area contributed by atoms with Gasteiger partial charge in [0, 0.05) is 17.1 Å². The number of nitrogens with zero attached hydrogens (tertiary/aromatic N) is 3. The van der Waals surface area contributed by atoms with Crippen LogP contribution in [-0.4, -0.2) is 15.0 Å². The molecule has 0 radical (unpaired) electrons. The second kappa shape index (κ2) is 4.96. The largest absolute Gasteiger partial charge is 0.433 e. The van der Waals surface area contributed by atoms with Crippen LogP contribution in [0.2, 0.25) is 5.28 Å². The molecule has 0 aliphatic carbocycles. The van der Waals surface area contributed by atoms with Crippen molar-refractivity contribution < 1.29 is 13.2 Å². The van der Waals surface area contributed by atoms with Crippen LogP contribution in [0.4, 0.5) is 13.2 Å². The summed E-state index contributed by atoms with van der Waals surface area (Å²) in [5, 5.41) is 0.443. The number of alkyl halides is 3. The van der Waals surface area contributed by atoms with Crippen molar-refractivity contribution in [2.24, 2.45) is 0 Å². The molecule has 21 heavy (non-hydrogen) atoms. The number of aromatic nitrogens is 3. The van der Waals surface area contributed by atoms with Crippen molar-refractivity contribution in [2.45, 2.75) is 6.18 Å². The van der Waals surface area contributed by atoms with Crippen molar-refractivity contribution in [3.63, 3.8) is 0 Å². The molecule has 1 aromatic carbocycles. The third-order valence-corrected chi connectivity index (χ3v) is 3.06. The fourth-order valence-electron chi connectivity index (χ4n) is 1.94. The Morgan fingerprint density at radius 1 is 1.00 bits per heavy atom. The molecule has 0 unspecified atom stereocenters. The molecule has 106 valence electrons. The van der Waals surface area contributed by atoms with Gasteiger partial charge in [-0.05, 0) is 29.8 Å². The zero-order valence-electron chi connectivity index (χ0n) is 10.4. The third kappa shape index (κ3) is 2.80. The summed E-state index contributed by atoms with van der Waals surface area (Å²) in [4.78, 5) is 11.2. The van der Waals surface area contributed by atoms with Gasteiger partial charge in [-0.1, -0.05) is 18.2 Å². The lowest BCUT2D eigenvalue weighted by Crippen LogP contribution is -2.09. The van der Waals surface area contributed by atoms with E-state index in [0.717, 1.165) is 11.5 Å². The summed E-state index contributed by atoms with van der Waals surface area (Å²) >= 11 is 5.59. The fourth-order valence-corrected chi connectivity index (χ4v) is 2.12. The molecule has 0 amide bonds. The monoisotopic (exact) mass is 309 g/mol. The Balaban J connectivity index is 2.16. The van der Waals surface area contributed by atoms with Crippen molar-refractivity contribution in [1.82, 2.24) is 15.0 Å². The predicted molar refractivity (Wildman–Crippen MR) is 72.8 cm³/mol. The van der Waals surface area contributed by atoms with E-state index >= 15 is 0 Å². The molecular weight excluding hydrogens is 303 g/mol. The summed E-state index contributed by atoms with van der Waals surface area (Å²) in [5.41, 5.74) is 0.197. The molecule has 0 aliphatic heterocycles. The van der Waals surface area contributed by atoms with E-state index in [1.807, 2.05) is 6.07 Å². The number of rotatable bonds is 1. The molecule has 0 saturated heterocycles. The minimum atomic E-state index is -4.57. The van der Waals surface area contributed by atoms with Crippen LogP contribution in [0.5, 0.6) is 0 Å². The molecule has 0 saturated carbocycles. The van der Waals surface area contributed by atoms with Gasteiger partial charge < -0.3 is 0 Å². The highest BCUT2D eigenvalue weighted by Crippen LogP contribution is 2.31. The first-order chi connectivity index (χ1) is 9.93. The summed E-state index contributed by atoms with van der Waals surface area (Å²) in [6.07, 6.45) is -2.96.